The van der Waals surface area contributed by atoms with Gasteiger partial charge in [0.15, 0.2) is 9.79 Å². The average Bonchev–Trinajstić information content (AvgIpc) is 2.75. The van der Waals surface area contributed by atoms with Crippen LogP contribution in [0.2, 0.25) is 0 Å². The van der Waals surface area contributed by atoms with Gasteiger partial charge >= 0.3 is 13.2 Å². The highest BCUT2D eigenvalue weighted by molar-refractivity contribution is 8.04. The van der Waals surface area contributed by atoms with Gasteiger partial charge in [-0.15, -0.1) is 0 Å². The standard InChI is InChI=1S/C23H29O2S2.BF4/c1-25-23(24)17-7-5-3-2-4-6-12-18-27-21-15-10-8-13-19(21)26-20-14-9-11-16-22(20)27;2-1(3,4)5/h8-11,13-16H,2-7,12,17-18H2,1H3;/q+1;-1. The molecule has 0 fully saturated rings. The fourth-order valence-corrected chi connectivity index (χ4v) is 7.43. The van der Waals surface area contributed by atoms with Crippen LogP contribution in [0.4, 0.5) is 17.3 Å². The van der Waals surface area contributed by atoms with E-state index in [1.54, 1.807) is 0 Å². The monoisotopic (exact) mass is 488 g/mol. The smallest absolute Gasteiger partial charge is 0.469 e. The third-order valence-corrected chi connectivity index (χ3v) is 8.79. The Kier molecular flexibility index (Phi) is 11.5. The number of methoxy groups -OCH3 is 1. The highest BCUT2D eigenvalue weighted by Crippen LogP contribution is 2.45. The number of ether oxygens (including phenoxy) is 1. The maximum Gasteiger partial charge on any atom is 0.673 e. The van der Waals surface area contributed by atoms with Gasteiger partial charge in [-0.1, -0.05) is 61.7 Å². The number of hydrogen-bond acceptors (Lipinski definition) is 3. The lowest BCUT2D eigenvalue weighted by Crippen LogP contribution is -2.14. The van der Waals surface area contributed by atoms with Gasteiger partial charge in [-0.3, -0.25) is 4.79 Å². The Morgan fingerprint density at radius 3 is 1.75 bits per heavy atom. The molecule has 0 N–H and O–H groups in total. The lowest BCUT2D eigenvalue weighted by Gasteiger charge is -2.19. The number of fused-ring (bicyclic) bond motifs is 2. The summed E-state index contributed by atoms with van der Waals surface area (Å²) in [6, 6.07) is 17.9. The maximum atomic E-state index is 11.1. The number of benzene rings is 2. The highest BCUT2D eigenvalue weighted by atomic mass is 32.2. The third kappa shape index (κ3) is 9.90. The molecule has 0 bridgehead atoms. The Morgan fingerprint density at radius 1 is 0.812 bits per heavy atom. The Morgan fingerprint density at radius 2 is 1.25 bits per heavy atom. The second kappa shape index (κ2) is 13.8. The fourth-order valence-electron chi connectivity index (χ4n) is 3.43. The molecule has 0 saturated carbocycles. The van der Waals surface area contributed by atoms with E-state index in [0.717, 1.165) is 12.8 Å². The van der Waals surface area contributed by atoms with Crippen molar-refractivity contribution in [2.24, 2.45) is 0 Å². The molecule has 0 saturated heterocycles. The zero-order valence-corrected chi connectivity index (χ0v) is 19.8. The Balaban J connectivity index is 0.000000654. The summed E-state index contributed by atoms with van der Waals surface area (Å²) in [6.07, 6.45) is 9.06. The van der Waals surface area contributed by atoms with E-state index in [1.807, 2.05) is 11.8 Å². The number of rotatable bonds is 10. The molecule has 0 spiro atoms. The minimum atomic E-state index is -6.00. The second-order valence-electron chi connectivity index (χ2n) is 7.39. The quantitative estimate of drug-likeness (QED) is 0.112. The van der Waals surface area contributed by atoms with E-state index in [0.29, 0.717) is 6.42 Å². The maximum absolute atomic E-state index is 11.1. The largest absolute Gasteiger partial charge is 0.673 e. The summed E-state index contributed by atoms with van der Waals surface area (Å²) < 4.78 is 43.7. The minimum absolute atomic E-state index is 0.0813. The second-order valence-corrected chi connectivity index (χ2v) is 10.5. The minimum Gasteiger partial charge on any atom is -0.469 e. The fraction of sp³-hybridized carbons (Fsp3) is 0.435. The SMILES string of the molecule is COC(=O)CCCCCCCCC[S+]1c2ccccc2Sc2ccccc21.F[B-](F)(F)F. The number of esters is 1. The van der Waals surface area contributed by atoms with E-state index in [9.17, 15) is 22.1 Å². The molecule has 1 aliphatic rings. The van der Waals surface area contributed by atoms with Crippen LogP contribution in [0, 0.1) is 0 Å². The van der Waals surface area contributed by atoms with Crippen LogP contribution >= 0.6 is 11.8 Å². The van der Waals surface area contributed by atoms with Crippen molar-refractivity contribution < 1.29 is 26.8 Å². The Hall–Kier alpha value is -1.61. The van der Waals surface area contributed by atoms with E-state index in [4.69, 9.17) is 0 Å². The van der Waals surface area contributed by atoms with Gasteiger partial charge in [-0.05, 0) is 43.5 Å². The molecule has 3 rings (SSSR count). The van der Waals surface area contributed by atoms with Crippen LogP contribution in [-0.2, 0) is 20.4 Å². The highest BCUT2D eigenvalue weighted by Gasteiger charge is 2.34. The van der Waals surface area contributed by atoms with E-state index >= 15 is 0 Å². The first kappa shape index (κ1) is 26.6. The Bertz CT molecular complexity index is 797. The molecular weight excluding hydrogens is 459 g/mol. The van der Waals surface area contributed by atoms with Crippen molar-refractivity contribution in [3.8, 4) is 0 Å². The number of halogens is 4. The van der Waals surface area contributed by atoms with Crippen molar-refractivity contribution in [3.05, 3.63) is 48.5 Å². The first-order chi connectivity index (χ1) is 15.3. The first-order valence-electron chi connectivity index (χ1n) is 10.8. The molecule has 0 radical (unpaired) electrons. The van der Waals surface area contributed by atoms with Crippen LogP contribution in [0.3, 0.4) is 0 Å². The lowest BCUT2D eigenvalue weighted by atomic mass is 10.1. The molecule has 2 aromatic rings. The van der Waals surface area contributed by atoms with Crippen molar-refractivity contribution in [2.75, 3.05) is 12.9 Å². The van der Waals surface area contributed by atoms with Crippen LogP contribution in [0.1, 0.15) is 51.4 Å². The first-order valence-corrected chi connectivity index (χ1v) is 13.0. The van der Waals surface area contributed by atoms with Crippen molar-refractivity contribution in [1.29, 1.82) is 0 Å². The van der Waals surface area contributed by atoms with E-state index < -0.39 is 7.25 Å². The zero-order valence-electron chi connectivity index (χ0n) is 18.2. The van der Waals surface area contributed by atoms with Crippen LogP contribution < -0.4 is 0 Å². The summed E-state index contributed by atoms with van der Waals surface area (Å²) in [7, 11) is -4.32. The molecule has 2 aromatic carbocycles. The van der Waals surface area contributed by atoms with Crippen LogP contribution in [0.5, 0.6) is 0 Å². The van der Waals surface area contributed by atoms with E-state index in [2.05, 4.69) is 53.3 Å². The van der Waals surface area contributed by atoms with Crippen LogP contribution in [-0.4, -0.2) is 26.1 Å². The summed E-state index contributed by atoms with van der Waals surface area (Å²) in [5.74, 6) is 1.18. The van der Waals surface area contributed by atoms with Gasteiger partial charge in [-0.25, -0.2) is 0 Å². The third-order valence-electron chi connectivity index (χ3n) is 4.91. The summed E-state index contributed by atoms with van der Waals surface area (Å²) in [5, 5.41) is 0. The normalized spacial score (nSPS) is 12.9. The molecule has 0 atom stereocenters. The van der Waals surface area contributed by atoms with Crippen molar-refractivity contribution in [3.63, 3.8) is 0 Å². The molecule has 9 heteroatoms. The van der Waals surface area contributed by atoms with Gasteiger partial charge in [0.25, 0.3) is 0 Å². The summed E-state index contributed by atoms with van der Waals surface area (Å²) in [6.45, 7) is 0. The van der Waals surface area contributed by atoms with Gasteiger partial charge in [-0.2, -0.15) is 0 Å². The molecule has 176 valence electrons. The van der Waals surface area contributed by atoms with Gasteiger partial charge in [0.05, 0.1) is 27.8 Å². The lowest BCUT2D eigenvalue weighted by molar-refractivity contribution is -0.140. The number of hydrogen-bond donors (Lipinski definition) is 0. The predicted molar refractivity (Wildman–Crippen MR) is 125 cm³/mol. The van der Waals surface area contributed by atoms with E-state index in [-0.39, 0.29) is 16.9 Å². The van der Waals surface area contributed by atoms with Crippen molar-refractivity contribution >= 4 is 35.9 Å². The number of carbonyl (C=O) groups excluding carboxylic acids is 1. The molecule has 1 heterocycles. The molecule has 0 aromatic heterocycles. The topological polar surface area (TPSA) is 26.3 Å². The van der Waals surface area contributed by atoms with Crippen molar-refractivity contribution in [1.82, 2.24) is 0 Å². The number of unbranched alkanes of at least 4 members (excludes halogenated alkanes) is 6. The molecule has 32 heavy (non-hydrogen) atoms. The molecular formula is C23H29BF4O2S2. The molecule has 2 nitrogen and oxygen atoms in total. The molecule has 1 aliphatic heterocycles. The molecule has 0 aliphatic carbocycles. The molecule has 0 unspecified atom stereocenters. The van der Waals surface area contributed by atoms with Crippen molar-refractivity contribution in [2.45, 2.75) is 70.9 Å². The van der Waals surface area contributed by atoms with Gasteiger partial charge in [0, 0.05) is 6.42 Å². The van der Waals surface area contributed by atoms with Crippen LogP contribution in [0.25, 0.3) is 0 Å². The van der Waals surface area contributed by atoms with Crippen LogP contribution in [0.15, 0.2) is 68.1 Å². The summed E-state index contributed by atoms with van der Waals surface area (Å²) >= 11 is 1.92. The van der Waals surface area contributed by atoms with Gasteiger partial charge < -0.3 is 22.0 Å². The van der Waals surface area contributed by atoms with Gasteiger partial charge in [0.1, 0.15) is 5.75 Å². The number of carbonyl (C=O) groups is 1. The molecule has 0 amide bonds. The average molecular weight is 488 g/mol. The van der Waals surface area contributed by atoms with E-state index in [1.165, 1.54) is 64.5 Å². The summed E-state index contributed by atoms with van der Waals surface area (Å²) in [5.41, 5.74) is 0. The summed E-state index contributed by atoms with van der Waals surface area (Å²) in [4.78, 5) is 17.0. The van der Waals surface area contributed by atoms with Gasteiger partial charge in [0.2, 0.25) is 0 Å². The zero-order chi connectivity index (χ0) is 23.4. The Labute approximate surface area is 195 Å². The predicted octanol–water partition coefficient (Wildman–Crippen LogP) is 7.78.